The second-order valence-corrected chi connectivity index (χ2v) is 5.26. The highest BCUT2D eigenvalue weighted by Crippen LogP contribution is 2.30. The number of halogens is 3. The molecule has 1 aromatic heterocycles. The third-order valence-corrected chi connectivity index (χ3v) is 3.68. The molecule has 8 heteroatoms. The van der Waals surface area contributed by atoms with Gasteiger partial charge in [-0.1, -0.05) is 6.92 Å². The van der Waals surface area contributed by atoms with Gasteiger partial charge >= 0.3 is 6.18 Å². The summed E-state index contributed by atoms with van der Waals surface area (Å²) in [5.74, 6) is -0.321. The van der Waals surface area contributed by atoms with Crippen LogP contribution in [-0.4, -0.2) is 19.2 Å². The van der Waals surface area contributed by atoms with E-state index in [0.29, 0.717) is 12.3 Å². The molecule has 0 bridgehead atoms. The lowest BCUT2D eigenvalue weighted by molar-refractivity contribution is -0.141. The Morgan fingerprint density at radius 2 is 2.00 bits per heavy atom. The van der Waals surface area contributed by atoms with Crippen molar-refractivity contribution in [3.05, 3.63) is 18.0 Å². The third-order valence-electron chi connectivity index (χ3n) is 1.90. The zero-order valence-electron chi connectivity index (χ0n) is 8.25. The van der Waals surface area contributed by atoms with E-state index < -0.39 is 26.6 Å². The molecular formula is C8H9F3N2O2S. The van der Waals surface area contributed by atoms with Crippen LogP contribution in [0.4, 0.5) is 18.9 Å². The highest BCUT2D eigenvalue weighted by atomic mass is 32.2. The maximum Gasteiger partial charge on any atom is 0.433 e. The molecule has 1 heterocycles. The highest BCUT2D eigenvalue weighted by Gasteiger charge is 2.34. The van der Waals surface area contributed by atoms with E-state index >= 15 is 0 Å². The van der Waals surface area contributed by atoms with Gasteiger partial charge in [0.2, 0.25) is 0 Å². The summed E-state index contributed by atoms with van der Waals surface area (Å²) in [6.45, 7) is 1.32. The number of sulfone groups is 1. The minimum absolute atomic E-state index is 0.283. The maximum absolute atomic E-state index is 12.3. The lowest BCUT2D eigenvalue weighted by atomic mass is 10.3. The van der Waals surface area contributed by atoms with Crippen molar-refractivity contribution in [3.8, 4) is 0 Å². The van der Waals surface area contributed by atoms with E-state index in [1.807, 2.05) is 0 Å². The summed E-state index contributed by atoms with van der Waals surface area (Å²) in [7, 11) is -3.78. The number of pyridine rings is 1. The van der Waals surface area contributed by atoms with E-state index in [2.05, 4.69) is 4.98 Å². The number of alkyl halides is 3. The molecule has 1 rings (SSSR count). The highest BCUT2D eigenvalue weighted by molar-refractivity contribution is 7.91. The molecule has 0 unspecified atom stereocenters. The average Bonchev–Trinajstić information content (AvgIpc) is 2.16. The number of nitrogens with zero attached hydrogens (tertiary/aromatic N) is 1. The smallest absolute Gasteiger partial charge is 0.396 e. The van der Waals surface area contributed by atoms with Gasteiger partial charge in [0.15, 0.2) is 9.84 Å². The van der Waals surface area contributed by atoms with Gasteiger partial charge in [-0.25, -0.2) is 13.4 Å². The Kier molecular flexibility index (Phi) is 3.13. The molecule has 0 aliphatic rings. The van der Waals surface area contributed by atoms with E-state index in [1.165, 1.54) is 6.92 Å². The molecule has 0 aliphatic carbocycles. The van der Waals surface area contributed by atoms with Crippen molar-refractivity contribution in [2.24, 2.45) is 0 Å². The van der Waals surface area contributed by atoms with E-state index in [9.17, 15) is 21.6 Å². The van der Waals surface area contributed by atoms with Gasteiger partial charge in [0.1, 0.15) is 5.69 Å². The fraction of sp³-hybridized carbons (Fsp3) is 0.375. The van der Waals surface area contributed by atoms with Crippen molar-refractivity contribution in [1.29, 1.82) is 0 Å². The van der Waals surface area contributed by atoms with Crippen LogP contribution in [0.25, 0.3) is 0 Å². The molecule has 0 saturated heterocycles. The van der Waals surface area contributed by atoms with Crippen LogP contribution in [-0.2, 0) is 16.0 Å². The summed E-state index contributed by atoms with van der Waals surface area (Å²) in [4.78, 5) is 2.51. The van der Waals surface area contributed by atoms with Gasteiger partial charge in [-0.15, -0.1) is 0 Å². The van der Waals surface area contributed by atoms with E-state index in [4.69, 9.17) is 5.73 Å². The van der Waals surface area contributed by atoms with Crippen LogP contribution in [0.1, 0.15) is 12.6 Å². The number of nitrogens with two attached hydrogens (primary N) is 1. The molecule has 90 valence electrons. The Balaban J connectivity index is 3.42. The monoisotopic (exact) mass is 254 g/mol. The summed E-state index contributed by atoms with van der Waals surface area (Å²) >= 11 is 0. The Labute approximate surface area is 90.2 Å². The second-order valence-electron chi connectivity index (χ2n) is 3.01. The Bertz CT molecular complexity index is 496. The summed E-state index contributed by atoms with van der Waals surface area (Å²) in [6.07, 6.45) is -3.99. The summed E-state index contributed by atoms with van der Waals surface area (Å²) in [6, 6.07) is 0.453. The first-order chi connectivity index (χ1) is 7.18. The van der Waals surface area contributed by atoms with Crippen LogP contribution in [0.3, 0.4) is 0 Å². The molecule has 1 aromatic rings. The van der Waals surface area contributed by atoms with Gasteiger partial charge in [-0.3, -0.25) is 0 Å². The van der Waals surface area contributed by atoms with E-state index in [1.54, 1.807) is 0 Å². The molecule has 0 saturated carbocycles. The molecule has 0 spiro atoms. The number of hydrogen-bond donors (Lipinski definition) is 1. The molecule has 0 amide bonds. The van der Waals surface area contributed by atoms with E-state index in [0.717, 1.165) is 0 Å². The Morgan fingerprint density at radius 1 is 1.44 bits per heavy atom. The van der Waals surface area contributed by atoms with Crippen molar-refractivity contribution in [2.45, 2.75) is 18.0 Å². The van der Waals surface area contributed by atoms with Gasteiger partial charge in [-0.05, 0) is 6.07 Å². The molecule has 0 aliphatic heterocycles. The van der Waals surface area contributed by atoms with Crippen LogP contribution in [0, 0.1) is 0 Å². The van der Waals surface area contributed by atoms with Crippen molar-refractivity contribution in [3.63, 3.8) is 0 Å². The Morgan fingerprint density at radius 3 is 2.44 bits per heavy atom. The first kappa shape index (κ1) is 12.8. The number of rotatable bonds is 2. The number of hydrogen-bond acceptors (Lipinski definition) is 4. The Hall–Kier alpha value is -1.31. The quantitative estimate of drug-likeness (QED) is 0.867. The first-order valence-corrected chi connectivity index (χ1v) is 5.89. The largest absolute Gasteiger partial charge is 0.433 e. The predicted molar refractivity (Wildman–Crippen MR) is 51.4 cm³/mol. The predicted octanol–water partition coefficient (Wildman–Crippen LogP) is 1.48. The van der Waals surface area contributed by atoms with Crippen molar-refractivity contribution in [1.82, 2.24) is 4.98 Å². The lowest BCUT2D eigenvalue weighted by Crippen LogP contribution is -2.13. The van der Waals surface area contributed by atoms with Gasteiger partial charge in [0.25, 0.3) is 0 Å². The third kappa shape index (κ3) is 2.43. The number of anilines is 1. The van der Waals surface area contributed by atoms with Gasteiger partial charge < -0.3 is 5.73 Å². The SMILES string of the molecule is CCS(=O)(=O)c1cc(C(F)(F)F)ncc1N. The fourth-order valence-corrected chi connectivity index (χ4v) is 2.04. The number of aromatic nitrogens is 1. The summed E-state index contributed by atoms with van der Waals surface area (Å²) < 4.78 is 59.7. The lowest BCUT2D eigenvalue weighted by Gasteiger charge is -2.09. The number of nitrogen functional groups attached to an aromatic ring is 1. The zero-order chi connectivity index (χ0) is 12.6. The first-order valence-electron chi connectivity index (χ1n) is 4.24. The van der Waals surface area contributed by atoms with Crippen molar-refractivity contribution < 1.29 is 21.6 Å². The molecule has 4 nitrogen and oxygen atoms in total. The van der Waals surface area contributed by atoms with E-state index in [-0.39, 0.29) is 11.4 Å². The van der Waals surface area contributed by atoms with Crippen LogP contribution in [0.5, 0.6) is 0 Å². The van der Waals surface area contributed by atoms with Gasteiger partial charge in [-0.2, -0.15) is 13.2 Å². The summed E-state index contributed by atoms with van der Waals surface area (Å²) in [5, 5.41) is 0. The molecule has 0 atom stereocenters. The fourth-order valence-electron chi connectivity index (χ4n) is 1.03. The molecule has 2 N–H and O–H groups in total. The topological polar surface area (TPSA) is 73.0 Å². The van der Waals surface area contributed by atoms with Crippen LogP contribution in [0.15, 0.2) is 17.2 Å². The van der Waals surface area contributed by atoms with Crippen molar-refractivity contribution >= 4 is 15.5 Å². The molecular weight excluding hydrogens is 245 g/mol. The standard InChI is InChI=1S/C8H9F3N2O2S/c1-2-16(14,15)6-3-7(8(9,10)11)13-4-5(6)12/h3-4H,2,12H2,1H3. The van der Waals surface area contributed by atoms with Gasteiger partial charge in [0, 0.05) is 0 Å². The van der Waals surface area contributed by atoms with Gasteiger partial charge in [0.05, 0.1) is 22.5 Å². The normalized spacial score (nSPS) is 12.8. The van der Waals surface area contributed by atoms with Crippen LogP contribution >= 0.6 is 0 Å². The minimum atomic E-state index is -4.69. The average molecular weight is 254 g/mol. The van der Waals surface area contributed by atoms with Crippen molar-refractivity contribution in [2.75, 3.05) is 11.5 Å². The maximum atomic E-state index is 12.3. The van der Waals surface area contributed by atoms with Crippen LogP contribution in [0.2, 0.25) is 0 Å². The second kappa shape index (κ2) is 3.93. The minimum Gasteiger partial charge on any atom is -0.396 e. The molecule has 0 fully saturated rings. The van der Waals surface area contributed by atoms with Crippen LogP contribution < -0.4 is 5.73 Å². The zero-order valence-corrected chi connectivity index (χ0v) is 9.06. The molecule has 16 heavy (non-hydrogen) atoms. The summed E-state index contributed by atoms with van der Waals surface area (Å²) in [5.41, 5.74) is 3.73. The molecule has 0 aromatic carbocycles. The molecule has 0 radical (unpaired) electrons.